The fourth-order valence-electron chi connectivity index (χ4n) is 6.67. The molecule has 2 aromatic carbocycles. The summed E-state index contributed by atoms with van der Waals surface area (Å²) in [7, 11) is 0. The first-order chi connectivity index (χ1) is 20.5. The number of nitrogens with zero attached hydrogens (tertiary/aromatic N) is 3. The van der Waals surface area contributed by atoms with Gasteiger partial charge in [0.05, 0.1) is 28.9 Å². The molecule has 1 atom stereocenters. The van der Waals surface area contributed by atoms with E-state index in [-0.39, 0.29) is 6.61 Å². The Kier molecular flexibility index (Phi) is 5.97. The summed E-state index contributed by atoms with van der Waals surface area (Å²) in [5.74, 6) is -0.909. The van der Waals surface area contributed by atoms with Gasteiger partial charge in [-0.3, -0.25) is 4.98 Å². The third-order valence-corrected chi connectivity index (χ3v) is 8.23. The van der Waals surface area contributed by atoms with Crippen LogP contribution in [0.3, 0.4) is 0 Å². The topological polar surface area (TPSA) is 74.8 Å². The molecule has 7 heteroatoms. The van der Waals surface area contributed by atoms with Crippen LogP contribution in [0, 0.1) is 6.92 Å². The highest BCUT2D eigenvalue weighted by atomic mass is 16.6. The van der Waals surface area contributed by atoms with E-state index in [4.69, 9.17) is 14.5 Å². The fourth-order valence-corrected chi connectivity index (χ4v) is 6.67. The molecule has 0 radical (unpaired) electrons. The lowest BCUT2D eigenvalue weighted by Gasteiger charge is -2.31. The van der Waals surface area contributed by atoms with Crippen molar-refractivity contribution < 1.29 is 19.1 Å². The molecule has 1 unspecified atom stereocenters. The zero-order valence-corrected chi connectivity index (χ0v) is 23.6. The molecule has 5 heterocycles. The number of benzene rings is 2. The normalized spacial score (nSPS) is 16.1. The van der Waals surface area contributed by atoms with E-state index < -0.39 is 17.5 Å². The number of hydrogen-bond acceptors (Lipinski definition) is 5. The van der Waals surface area contributed by atoms with Crippen LogP contribution < -0.4 is 0 Å². The largest absolute Gasteiger partial charge is 0.462 e. The highest BCUT2D eigenvalue weighted by Gasteiger charge is 2.56. The molecule has 6 aromatic rings. The van der Waals surface area contributed by atoms with Gasteiger partial charge in [-0.2, -0.15) is 0 Å². The van der Waals surface area contributed by atoms with Gasteiger partial charge in [0.15, 0.2) is 0 Å². The summed E-state index contributed by atoms with van der Waals surface area (Å²) in [6.45, 7) is 6.89. The second kappa shape index (κ2) is 9.73. The van der Waals surface area contributed by atoms with Crippen LogP contribution in [-0.4, -0.2) is 32.5 Å². The second-order valence-corrected chi connectivity index (χ2v) is 10.3. The first-order valence-corrected chi connectivity index (χ1v) is 14.2. The Morgan fingerprint density at radius 2 is 1.67 bits per heavy atom. The van der Waals surface area contributed by atoms with Gasteiger partial charge >= 0.3 is 11.9 Å². The molecule has 1 aliphatic rings. The smallest absolute Gasteiger partial charge is 0.341 e. The molecule has 0 saturated heterocycles. The SMILES string of the molecule is CCOC(=O)c1c(-c2ccccc2)c(C2(c3c(C)n(CC)c4ccccc34)OC(=O)c3cccnc32)n2ccccc12. The number of ether oxygens (including phenoxy) is 2. The third-order valence-electron chi connectivity index (χ3n) is 8.23. The first kappa shape index (κ1) is 25.8. The molecular formula is C35H29N3O4. The second-order valence-electron chi connectivity index (χ2n) is 10.3. The van der Waals surface area contributed by atoms with E-state index in [1.807, 2.05) is 71.3 Å². The molecule has 0 aliphatic carbocycles. The quantitative estimate of drug-likeness (QED) is 0.209. The van der Waals surface area contributed by atoms with Crippen LogP contribution in [-0.2, 0) is 21.6 Å². The maximum atomic E-state index is 13.8. The van der Waals surface area contributed by atoms with Gasteiger partial charge in [0.2, 0.25) is 5.60 Å². The van der Waals surface area contributed by atoms with Crippen molar-refractivity contribution in [3.05, 3.63) is 131 Å². The lowest BCUT2D eigenvalue weighted by molar-refractivity contribution is 0.0232. The average Bonchev–Trinajstić information content (AvgIpc) is 3.63. The van der Waals surface area contributed by atoms with Crippen molar-refractivity contribution in [1.82, 2.24) is 14.0 Å². The zero-order valence-electron chi connectivity index (χ0n) is 23.6. The van der Waals surface area contributed by atoms with Crippen LogP contribution in [0.5, 0.6) is 0 Å². The number of carbonyl (C=O) groups excluding carboxylic acids is 2. The fraction of sp³-hybridized carbons (Fsp3) is 0.171. The Morgan fingerprint density at radius 1 is 0.929 bits per heavy atom. The van der Waals surface area contributed by atoms with Crippen molar-refractivity contribution >= 4 is 28.4 Å². The molecule has 42 heavy (non-hydrogen) atoms. The Labute approximate surface area is 243 Å². The first-order valence-electron chi connectivity index (χ1n) is 14.2. The Bertz CT molecular complexity index is 2020. The Morgan fingerprint density at radius 3 is 2.45 bits per heavy atom. The minimum atomic E-state index is -1.47. The summed E-state index contributed by atoms with van der Waals surface area (Å²) in [5.41, 5.74) is 5.35. The van der Waals surface area contributed by atoms with E-state index in [2.05, 4.69) is 30.5 Å². The highest BCUT2D eigenvalue weighted by molar-refractivity contribution is 6.07. The van der Waals surface area contributed by atoms with Crippen molar-refractivity contribution in [3.8, 4) is 11.1 Å². The van der Waals surface area contributed by atoms with E-state index in [0.29, 0.717) is 33.6 Å². The van der Waals surface area contributed by atoms with Gasteiger partial charge in [0, 0.05) is 46.7 Å². The molecule has 7 rings (SSSR count). The van der Waals surface area contributed by atoms with E-state index in [9.17, 15) is 9.59 Å². The number of aryl methyl sites for hydroxylation is 1. The zero-order chi connectivity index (χ0) is 29.0. The number of cyclic esters (lactones) is 1. The molecule has 0 fully saturated rings. The molecule has 7 nitrogen and oxygen atoms in total. The summed E-state index contributed by atoms with van der Waals surface area (Å²) in [5, 5.41) is 0.950. The van der Waals surface area contributed by atoms with Gasteiger partial charge in [0.1, 0.15) is 5.69 Å². The number of para-hydroxylation sites is 1. The van der Waals surface area contributed by atoms with Gasteiger partial charge in [0.25, 0.3) is 0 Å². The molecule has 0 amide bonds. The molecule has 0 bridgehead atoms. The minimum Gasteiger partial charge on any atom is -0.462 e. The van der Waals surface area contributed by atoms with Crippen molar-refractivity contribution in [3.63, 3.8) is 0 Å². The number of carbonyl (C=O) groups is 2. The van der Waals surface area contributed by atoms with Gasteiger partial charge in [-0.1, -0.05) is 54.6 Å². The lowest BCUT2D eigenvalue weighted by Crippen LogP contribution is -2.33. The lowest BCUT2D eigenvalue weighted by atomic mass is 9.81. The van der Waals surface area contributed by atoms with Crippen LogP contribution in [0.4, 0.5) is 0 Å². The molecule has 0 spiro atoms. The number of aromatic nitrogens is 3. The summed E-state index contributed by atoms with van der Waals surface area (Å²) < 4.78 is 16.5. The maximum absolute atomic E-state index is 13.8. The predicted molar refractivity (Wildman–Crippen MR) is 161 cm³/mol. The van der Waals surface area contributed by atoms with Crippen molar-refractivity contribution in [2.24, 2.45) is 0 Å². The van der Waals surface area contributed by atoms with Crippen molar-refractivity contribution in [1.29, 1.82) is 0 Å². The van der Waals surface area contributed by atoms with E-state index in [1.165, 1.54) is 0 Å². The Hall–Kier alpha value is -5.17. The van der Waals surface area contributed by atoms with Gasteiger partial charge in [-0.15, -0.1) is 0 Å². The van der Waals surface area contributed by atoms with Gasteiger partial charge < -0.3 is 18.4 Å². The highest BCUT2D eigenvalue weighted by Crippen LogP contribution is 2.54. The minimum absolute atomic E-state index is 0.222. The van der Waals surface area contributed by atoms with Crippen LogP contribution >= 0.6 is 0 Å². The van der Waals surface area contributed by atoms with Crippen LogP contribution in [0.25, 0.3) is 27.5 Å². The number of rotatable bonds is 6. The molecule has 0 saturated carbocycles. The van der Waals surface area contributed by atoms with Crippen molar-refractivity contribution in [2.45, 2.75) is 32.9 Å². The monoisotopic (exact) mass is 555 g/mol. The molecular weight excluding hydrogens is 526 g/mol. The van der Waals surface area contributed by atoms with Crippen LogP contribution in [0.1, 0.15) is 57.2 Å². The van der Waals surface area contributed by atoms with Gasteiger partial charge in [-0.25, -0.2) is 9.59 Å². The third kappa shape index (κ3) is 3.43. The summed E-state index contributed by atoms with van der Waals surface area (Å²) >= 11 is 0. The molecule has 208 valence electrons. The Balaban J connectivity index is 1.75. The van der Waals surface area contributed by atoms with E-state index in [1.54, 1.807) is 25.3 Å². The molecule has 4 aromatic heterocycles. The standard InChI is InChI=1S/C35H29N3O4/c1-4-37-22(3)30(24-16-9-10-18-26(24)37)35(31-25(33(39)42-35)17-13-20-36-31)32-28(23-14-7-6-8-15-23)29(34(40)41-5-2)27-19-11-12-21-38(27)32/h6-21H,4-5H2,1-3H3. The maximum Gasteiger partial charge on any atom is 0.341 e. The van der Waals surface area contributed by atoms with E-state index in [0.717, 1.165) is 34.3 Å². The van der Waals surface area contributed by atoms with Gasteiger partial charge in [-0.05, 0) is 56.7 Å². The number of hydrogen-bond donors (Lipinski definition) is 0. The predicted octanol–water partition coefficient (Wildman–Crippen LogP) is 6.92. The van der Waals surface area contributed by atoms with Crippen LogP contribution in [0.15, 0.2) is 97.3 Å². The van der Waals surface area contributed by atoms with Crippen molar-refractivity contribution in [2.75, 3.05) is 6.61 Å². The number of pyridine rings is 2. The summed E-state index contributed by atoms with van der Waals surface area (Å²) in [6.07, 6.45) is 3.60. The number of esters is 2. The van der Waals surface area contributed by atoms with Crippen LogP contribution in [0.2, 0.25) is 0 Å². The number of fused-ring (bicyclic) bond motifs is 3. The van der Waals surface area contributed by atoms with E-state index >= 15 is 0 Å². The average molecular weight is 556 g/mol. The molecule has 0 N–H and O–H groups in total. The summed E-state index contributed by atoms with van der Waals surface area (Å²) in [6, 6.07) is 27.1. The molecule has 1 aliphatic heterocycles. The summed E-state index contributed by atoms with van der Waals surface area (Å²) in [4.78, 5) is 32.5.